The van der Waals surface area contributed by atoms with Gasteiger partial charge in [-0.1, -0.05) is 71.2 Å². The normalized spacial score (nSPS) is 17.5. The molecule has 4 rings (SSSR count). The van der Waals surface area contributed by atoms with Crippen molar-refractivity contribution in [3.63, 3.8) is 0 Å². The Hall–Kier alpha value is -2.99. The van der Waals surface area contributed by atoms with E-state index in [-0.39, 0.29) is 26.9 Å². The minimum absolute atomic E-state index is 0.0807. The van der Waals surface area contributed by atoms with E-state index >= 15 is 0 Å². The van der Waals surface area contributed by atoms with Crippen molar-refractivity contribution in [1.82, 2.24) is 0 Å². The third-order valence-corrected chi connectivity index (χ3v) is 6.26. The van der Waals surface area contributed by atoms with Crippen LogP contribution in [-0.2, 0) is 9.59 Å². The lowest BCUT2D eigenvalue weighted by atomic mass is 9.95. The molecule has 0 radical (unpaired) electrons. The maximum absolute atomic E-state index is 13.2. The quantitative estimate of drug-likeness (QED) is 0.248. The summed E-state index contributed by atoms with van der Waals surface area (Å²) in [4.78, 5) is 27.9. The van der Waals surface area contributed by atoms with Crippen LogP contribution in [-0.4, -0.2) is 23.9 Å². The molecule has 5 nitrogen and oxygen atoms in total. The summed E-state index contributed by atoms with van der Waals surface area (Å²) in [6, 6.07) is 16.0. The number of hydrogen-bond acceptors (Lipinski definition) is 4. The minimum atomic E-state index is -0.886. The zero-order chi connectivity index (χ0) is 23.9. The number of nitrogens with zero attached hydrogens (tertiary/aromatic N) is 1. The molecule has 1 saturated heterocycles. The zero-order valence-electron chi connectivity index (χ0n) is 17.6. The molecule has 168 valence electrons. The summed E-state index contributed by atoms with van der Waals surface area (Å²) < 4.78 is 5.16. The largest absolute Gasteiger partial charge is 0.507 e. The van der Waals surface area contributed by atoms with Crippen molar-refractivity contribution in [2.45, 2.75) is 13.0 Å². The standard InChI is InChI=1S/C25H18Cl3NO4/c1-13-8-9-16(26)12-19(13)29-21(14-6-4-3-5-7-14)20(23(31)25(29)32)22(30)15-10-17(27)24(33-2)18(28)11-15/h3-12,21,30H,1-2H3/b22-20+. The van der Waals surface area contributed by atoms with E-state index in [0.717, 1.165) is 5.56 Å². The monoisotopic (exact) mass is 501 g/mol. The lowest BCUT2D eigenvalue weighted by Crippen LogP contribution is -2.30. The Morgan fingerprint density at radius 1 is 0.970 bits per heavy atom. The fourth-order valence-corrected chi connectivity index (χ4v) is 4.73. The van der Waals surface area contributed by atoms with Crippen LogP contribution < -0.4 is 9.64 Å². The number of ketones is 1. The molecule has 0 aliphatic carbocycles. The van der Waals surface area contributed by atoms with Crippen LogP contribution in [0.15, 0.2) is 66.2 Å². The Kier molecular flexibility index (Phi) is 6.39. The molecule has 1 heterocycles. The van der Waals surface area contributed by atoms with Crippen molar-refractivity contribution in [2.24, 2.45) is 0 Å². The highest BCUT2D eigenvalue weighted by Gasteiger charge is 2.47. The number of methoxy groups -OCH3 is 1. The fraction of sp³-hybridized carbons (Fsp3) is 0.120. The maximum Gasteiger partial charge on any atom is 0.300 e. The minimum Gasteiger partial charge on any atom is -0.507 e. The van der Waals surface area contributed by atoms with E-state index in [1.807, 2.05) is 13.0 Å². The molecule has 0 aromatic heterocycles. The molecule has 33 heavy (non-hydrogen) atoms. The number of ether oxygens (including phenoxy) is 1. The van der Waals surface area contributed by atoms with E-state index in [1.54, 1.807) is 42.5 Å². The molecule has 3 aromatic rings. The van der Waals surface area contributed by atoms with Crippen LogP contribution >= 0.6 is 34.8 Å². The van der Waals surface area contributed by atoms with Gasteiger partial charge in [-0.3, -0.25) is 14.5 Å². The van der Waals surface area contributed by atoms with E-state index in [2.05, 4.69) is 0 Å². The summed E-state index contributed by atoms with van der Waals surface area (Å²) in [6.07, 6.45) is 0. The highest BCUT2D eigenvalue weighted by atomic mass is 35.5. The van der Waals surface area contributed by atoms with E-state index in [9.17, 15) is 14.7 Å². The number of hydrogen-bond donors (Lipinski definition) is 1. The summed E-state index contributed by atoms with van der Waals surface area (Å²) in [7, 11) is 1.42. The molecule has 1 fully saturated rings. The Morgan fingerprint density at radius 3 is 2.21 bits per heavy atom. The molecule has 1 atom stereocenters. The van der Waals surface area contributed by atoms with Crippen molar-refractivity contribution in [1.29, 1.82) is 0 Å². The van der Waals surface area contributed by atoms with E-state index in [0.29, 0.717) is 16.3 Å². The Bertz CT molecular complexity index is 1280. The van der Waals surface area contributed by atoms with Gasteiger partial charge in [0.15, 0.2) is 5.75 Å². The van der Waals surface area contributed by atoms with Crippen LogP contribution in [0, 0.1) is 6.92 Å². The molecular formula is C25H18Cl3NO4. The van der Waals surface area contributed by atoms with Gasteiger partial charge in [0, 0.05) is 16.3 Å². The van der Waals surface area contributed by atoms with Gasteiger partial charge in [-0.15, -0.1) is 0 Å². The van der Waals surface area contributed by atoms with Gasteiger partial charge in [0.25, 0.3) is 11.7 Å². The smallest absolute Gasteiger partial charge is 0.300 e. The molecule has 1 unspecified atom stereocenters. The third-order valence-electron chi connectivity index (χ3n) is 5.47. The first-order valence-corrected chi connectivity index (χ1v) is 11.0. The van der Waals surface area contributed by atoms with Gasteiger partial charge in [0.05, 0.1) is 28.8 Å². The van der Waals surface area contributed by atoms with Gasteiger partial charge in [-0.2, -0.15) is 0 Å². The van der Waals surface area contributed by atoms with Crippen molar-refractivity contribution in [2.75, 3.05) is 12.0 Å². The number of rotatable bonds is 4. The van der Waals surface area contributed by atoms with Crippen LogP contribution in [0.4, 0.5) is 5.69 Å². The summed E-state index contributed by atoms with van der Waals surface area (Å²) >= 11 is 18.7. The van der Waals surface area contributed by atoms with E-state index in [4.69, 9.17) is 39.5 Å². The number of amides is 1. The SMILES string of the molecule is COc1c(Cl)cc(/C(O)=C2\C(=O)C(=O)N(c3cc(Cl)ccc3C)C2c2ccccc2)cc1Cl. The average molecular weight is 503 g/mol. The molecule has 8 heteroatoms. The Morgan fingerprint density at radius 2 is 1.61 bits per heavy atom. The van der Waals surface area contributed by atoms with E-state index < -0.39 is 23.5 Å². The lowest BCUT2D eigenvalue weighted by Gasteiger charge is -2.27. The predicted octanol–water partition coefficient (Wildman–Crippen LogP) is 6.59. The number of aryl methyl sites for hydroxylation is 1. The van der Waals surface area contributed by atoms with Crippen molar-refractivity contribution < 1.29 is 19.4 Å². The van der Waals surface area contributed by atoms with Gasteiger partial charge in [0.2, 0.25) is 0 Å². The van der Waals surface area contributed by atoms with Crippen molar-refractivity contribution >= 4 is 57.9 Å². The maximum atomic E-state index is 13.2. The summed E-state index contributed by atoms with van der Waals surface area (Å²) in [6.45, 7) is 1.82. The number of halogens is 3. The number of aliphatic hydroxyl groups excluding tert-OH is 1. The summed E-state index contributed by atoms with van der Waals surface area (Å²) in [5, 5.41) is 12.0. The van der Waals surface area contributed by atoms with Gasteiger partial charge < -0.3 is 9.84 Å². The van der Waals surface area contributed by atoms with E-state index in [1.165, 1.54) is 24.1 Å². The lowest BCUT2D eigenvalue weighted by molar-refractivity contribution is -0.132. The van der Waals surface area contributed by atoms with Gasteiger partial charge in [-0.25, -0.2) is 0 Å². The number of Topliss-reactive ketones (excluding diaryl/α,β-unsaturated/α-hetero) is 1. The van der Waals surface area contributed by atoms with Crippen LogP contribution in [0.5, 0.6) is 5.75 Å². The molecule has 1 aliphatic heterocycles. The van der Waals surface area contributed by atoms with Crippen LogP contribution in [0.3, 0.4) is 0 Å². The fourth-order valence-electron chi connectivity index (χ4n) is 3.92. The molecule has 1 N–H and O–H groups in total. The highest BCUT2D eigenvalue weighted by Crippen LogP contribution is 2.44. The molecule has 1 aliphatic rings. The van der Waals surface area contributed by atoms with Gasteiger partial charge >= 0.3 is 0 Å². The Balaban J connectivity index is 1.98. The topological polar surface area (TPSA) is 66.8 Å². The second-order valence-corrected chi connectivity index (χ2v) is 8.73. The number of carbonyl (C=O) groups is 2. The summed E-state index contributed by atoms with van der Waals surface area (Å²) in [5.41, 5.74) is 1.97. The molecular weight excluding hydrogens is 485 g/mol. The Labute approximate surface area is 205 Å². The summed E-state index contributed by atoms with van der Waals surface area (Å²) in [5.74, 6) is -1.76. The number of carbonyl (C=O) groups excluding carboxylic acids is 2. The van der Waals surface area contributed by atoms with Crippen LogP contribution in [0.2, 0.25) is 15.1 Å². The third kappa shape index (κ3) is 4.08. The van der Waals surface area contributed by atoms with Crippen molar-refractivity contribution in [3.05, 3.63) is 98.0 Å². The first-order valence-electron chi connectivity index (χ1n) is 9.90. The molecule has 0 spiro atoms. The van der Waals surface area contributed by atoms with Crippen LogP contribution in [0.25, 0.3) is 5.76 Å². The molecule has 1 amide bonds. The van der Waals surface area contributed by atoms with Gasteiger partial charge in [-0.05, 0) is 42.3 Å². The second-order valence-electron chi connectivity index (χ2n) is 7.48. The van der Waals surface area contributed by atoms with Gasteiger partial charge in [0.1, 0.15) is 5.76 Å². The zero-order valence-corrected chi connectivity index (χ0v) is 19.9. The number of anilines is 1. The highest BCUT2D eigenvalue weighted by molar-refractivity contribution is 6.52. The molecule has 3 aromatic carbocycles. The molecule has 0 saturated carbocycles. The second kappa shape index (κ2) is 9.10. The van der Waals surface area contributed by atoms with Crippen molar-refractivity contribution in [3.8, 4) is 5.75 Å². The van der Waals surface area contributed by atoms with Crippen LogP contribution in [0.1, 0.15) is 22.7 Å². The molecule has 0 bridgehead atoms. The first kappa shape index (κ1) is 23.2. The number of benzene rings is 3. The average Bonchev–Trinajstić information content (AvgIpc) is 3.06. The first-order chi connectivity index (χ1) is 15.7. The predicted molar refractivity (Wildman–Crippen MR) is 130 cm³/mol. The number of aliphatic hydroxyl groups is 1.